The second kappa shape index (κ2) is 9.35. The van der Waals surface area contributed by atoms with Crippen molar-refractivity contribution in [3.8, 4) is 0 Å². The summed E-state index contributed by atoms with van der Waals surface area (Å²) in [7, 11) is -7.15. The average Bonchev–Trinajstić information content (AvgIpc) is 3.83. The van der Waals surface area contributed by atoms with Gasteiger partial charge in [-0.3, -0.25) is 4.40 Å². The predicted octanol–water partition coefficient (Wildman–Crippen LogP) is 4.10. The van der Waals surface area contributed by atoms with Gasteiger partial charge in [0.1, 0.15) is 5.82 Å². The van der Waals surface area contributed by atoms with E-state index in [1.807, 2.05) is 15.6 Å². The molecule has 12 heteroatoms. The highest BCUT2D eigenvalue weighted by Crippen LogP contribution is 2.46. The molecule has 4 aromatic rings. The normalized spacial score (nSPS) is 24.0. The lowest BCUT2D eigenvalue weighted by atomic mass is 9.93. The highest BCUT2D eigenvalue weighted by molar-refractivity contribution is 7.90. The van der Waals surface area contributed by atoms with Gasteiger partial charge in [-0.1, -0.05) is 31.0 Å². The molecule has 40 heavy (non-hydrogen) atoms. The maximum atomic E-state index is 13.5. The monoisotopic (exact) mass is 582 g/mol. The number of hydrogen-bond acceptors (Lipinski definition) is 7. The van der Waals surface area contributed by atoms with Gasteiger partial charge in [0, 0.05) is 24.7 Å². The van der Waals surface area contributed by atoms with E-state index in [0.717, 1.165) is 49.9 Å². The first kappa shape index (κ1) is 26.1. The van der Waals surface area contributed by atoms with Gasteiger partial charge in [0.25, 0.3) is 10.0 Å². The molecule has 0 unspecified atom stereocenters. The van der Waals surface area contributed by atoms with Gasteiger partial charge in [0.2, 0.25) is 10.0 Å². The van der Waals surface area contributed by atoms with Crippen LogP contribution in [0.5, 0.6) is 0 Å². The molecular weight excluding hydrogens is 548 g/mol. The third-order valence-corrected chi connectivity index (χ3v) is 13.1. The summed E-state index contributed by atoms with van der Waals surface area (Å²) in [5.41, 5.74) is 2.45. The number of aromatic nitrogens is 5. The molecule has 0 bridgehead atoms. The van der Waals surface area contributed by atoms with Crippen LogP contribution in [0.25, 0.3) is 16.8 Å². The molecular formula is C28H34N6O4S2. The number of hydrogen-bond donors (Lipinski definition) is 0. The van der Waals surface area contributed by atoms with Crippen molar-refractivity contribution in [3.05, 3.63) is 54.1 Å². The molecule has 3 heterocycles. The molecule has 212 valence electrons. The molecule has 7 rings (SSSR count). The van der Waals surface area contributed by atoms with Crippen molar-refractivity contribution in [2.24, 2.45) is 11.8 Å². The van der Waals surface area contributed by atoms with Crippen molar-refractivity contribution < 1.29 is 16.8 Å². The molecule has 0 amide bonds. The fourth-order valence-electron chi connectivity index (χ4n) is 6.38. The average molecular weight is 583 g/mol. The first-order valence-electron chi connectivity index (χ1n) is 14.2. The van der Waals surface area contributed by atoms with Gasteiger partial charge in [0.05, 0.1) is 21.9 Å². The Balaban J connectivity index is 1.28. The molecule has 0 saturated heterocycles. The van der Waals surface area contributed by atoms with Crippen molar-refractivity contribution >= 4 is 36.9 Å². The minimum atomic E-state index is -3.86. The lowest BCUT2D eigenvalue weighted by Crippen LogP contribution is -2.42. The largest absolute Gasteiger partial charge is 0.274 e. The maximum absolute atomic E-state index is 13.5. The Kier molecular flexibility index (Phi) is 6.10. The number of nitrogens with zero attached hydrogens (tertiary/aromatic N) is 6. The summed E-state index contributed by atoms with van der Waals surface area (Å²) in [5.74, 6) is 1.47. The Labute approximate surface area is 234 Å². The van der Waals surface area contributed by atoms with E-state index in [0.29, 0.717) is 35.7 Å². The molecule has 0 spiro atoms. The summed E-state index contributed by atoms with van der Waals surface area (Å²) in [6.07, 6.45) is 9.20. The van der Waals surface area contributed by atoms with E-state index < -0.39 is 20.0 Å². The first-order chi connectivity index (χ1) is 19.2. The summed E-state index contributed by atoms with van der Waals surface area (Å²) in [5, 5.41) is 8.76. The molecule has 0 N–H and O–H groups in total. The van der Waals surface area contributed by atoms with Crippen LogP contribution in [0, 0.1) is 18.8 Å². The summed E-state index contributed by atoms with van der Waals surface area (Å²) in [4.78, 5) is 4.67. The van der Waals surface area contributed by atoms with Crippen LogP contribution in [0.4, 0.5) is 0 Å². The van der Waals surface area contributed by atoms with Gasteiger partial charge >= 0.3 is 0 Å². The minimum absolute atomic E-state index is 0.00348. The molecule has 3 atom stereocenters. The number of aryl methyl sites for hydroxylation is 1. The van der Waals surface area contributed by atoms with E-state index in [1.54, 1.807) is 36.5 Å². The Morgan fingerprint density at radius 3 is 2.40 bits per heavy atom. The van der Waals surface area contributed by atoms with E-state index in [1.165, 1.54) is 10.2 Å². The summed E-state index contributed by atoms with van der Waals surface area (Å²) in [6.45, 7) is 4.68. The minimum Gasteiger partial charge on any atom is -0.274 e. The van der Waals surface area contributed by atoms with E-state index in [2.05, 4.69) is 22.1 Å². The van der Waals surface area contributed by atoms with Gasteiger partial charge in [-0.05, 0) is 75.5 Å². The highest BCUT2D eigenvalue weighted by Gasteiger charge is 2.48. The Hall–Kier alpha value is -2.83. The Bertz CT molecular complexity index is 1800. The van der Waals surface area contributed by atoms with Crippen LogP contribution in [0.15, 0.2) is 47.6 Å². The van der Waals surface area contributed by atoms with Crippen molar-refractivity contribution in [1.82, 2.24) is 27.9 Å². The number of rotatable bonds is 9. The van der Waals surface area contributed by atoms with Crippen LogP contribution in [0.1, 0.15) is 69.2 Å². The molecule has 0 radical (unpaired) electrons. The maximum Gasteiger partial charge on any atom is 0.269 e. The van der Waals surface area contributed by atoms with E-state index in [4.69, 9.17) is 0 Å². The van der Waals surface area contributed by atoms with Crippen LogP contribution in [0.3, 0.4) is 0 Å². The SMILES string of the molecule is CC[C@@H]1C[C@H](N(CC2CC2)S(=O)(=O)C2CC2)C[C@@H]1c1nnc2cnc3c(ccn3S(=O)(=O)c3ccc(C)cc3)n12. The van der Waals surface area contributed by atoms with Crippen LogP contribution in [0.2, 0.25) is 0 Å². The molecule has 0 aliphatic heterocycles. The quantitative estimate of drug-likeness (QED) is 0.291. The topological polar surface area (TPSA) is 120 Å². The Morgan fingerprint density at radius 1 is 0.975 bits per heavy atom. The van der Waals surface area contributed by atoms with Gasteiger partial charge in [0.15, 0.2) is 11.3 Å². The van der Waals surface area contributed by atoms with Crippen molar-refractivity contribution in [2.45, 2.75) is 80.9 Å². The zero-order valence-electron chi connectivity index (χ0n) is 22.7. The number of benzene rings is 1. The smallest absolute Gasteiger partial charge is 0.269 e. The number of fused-ring (bicyclic) bond motifs is 3. The van der Waals surface area contributed by atoms with Crippen molar-refractivity contribution in [1.29, 1.82) is 0 Å². The van der Waals surface area contributed by atoms with Gasteiger partial charge in [-0.15, -0.1) is 10.2 Å². The van der Waals surface area contributed by atoms with E-state index >= 15 is 0 Å². The van der Waals surface area contributed by atoms with Crippen molar-refractivity contribution in [3.63, 3.8) is 0 Å². The Morgan fingerprint density at radius 2 is 1.73 bits per heavy atom. The second-order valence-electron chi connectivity index (χ2n) is 11.8. The zero-order chi connectivity index (χ0) is 27.8. The lowest BCUT2D eigenvalue weighted by molar-refractivity contribution is 0.303. The summed E-state index contributed by atoms with van der Waals surface area (Å²) in [6, 6.07) is 8.45. The molecule has 3 fully saturated rings. The van der Waals surface area contributed by atoms with Gasteiger partial charge in [-0.25, -0.2) is 25.8 Å². The van der Waals surface area contributed by atoms with E-state index in [-0.39, 0.29) is 28.0 Å². The third kappa shape index (κ3) is 4.26. The molecule has 3 aliphatic rings. The molecule has 10 nitrogen and oxygen atoms in total. The molecule has 3 aromatic heterocycles. The van der Waals surface area contributed by atoms with Gasteiger partial charge < -0.3 is 0 Å². The lowest BCUT2D eigenvalue weighted by Gasteiger charge is -2.28. The highest BCUT2D eigenvalue weighted by atomic mass is 32.2. The van der Waals surface area contributed by atoms with Crippen LogP contribution in [-0.2, 0) is 20.0 Å². The first-order valence-corrected chi connectivity index (χ1v) is 17.2. The number of sulfonamides is 1. The van der Waals surface area contributed by atoms with Gasteiger partial charge in [-0.2, -0.15) is 4.31 Å². The van der Waals surface area contributed by atoms with E-state index in [9.17, 15) is 16.8 Å². The van der Waals surface area contributed by atoms with Crippen LogP contribution < -0.4 is 0 Å². The molecule has 1 aromatic carbocycles. The third-order valence-electron chi connectivity index (χ3n) is 8.98. The standard InChI is InChI=1S/C28H34N6O4S2/c1-3-20-14-21(33(17-19-6-7-19)40(37,38)23-10-11-23)15-24(20)27-31-30-26-16-29-28-25(34(26)27)12-13-32(28)39(35,36)22-8-4-18(2)5-9-22/h4-5,8-9,12-13,16,19-21,23-24H,3,6-7,10-11,14-15,17H2,1-2H3/t20-,21+,24+/m1/s1. The summed E-state index contributed by atoms with van der Waals surface area (Å²) >= 11 is 0. The van der Waals surface area contributed by atoms with Crippen molar-refractivity contribution in [2.75, 3.05) is 6.54 Å². The fourth-order valence-corrected chi connectivity index (χ4v) is 9.80. The fraction of sp³-hybridized carbons (Fsp3) is 0.536. The summed E-state index contributed by atoms with van der Waals surface area (Å²) < 4.78 is 59.0. The molecule has 3 saturated carbocycles. The van der Waals surface area contributed by atoms with Crippen LogP contribution >= 0.6 is 0 Å². The zero-order valence-corrected chi connectivity index (χ0v) is 24.4. The molecule has 3 aliphatic carbocycles. The predicted molar refractivity (Wildman–Crippen MR) is 151 cm³/mol. The van der Waals surface area contributed by atoms with Crippen LogP contribution in [-0.4, -0.2) is 62.5 Å². The second-order valence-corrected chi connectivity index (χ2v) is 15.8.